The van der Waals surface area contributed by atoms with Gasteiger partial charge in [-0.1, -0.05) is 11.6 Å². The van der Waals surface area contributed by atoms with Gasteiger partial charge in [-0.25, -0.2) is 4.39 Å². The molecule has 0 unspecified atom stereocenters. The number of rotatable bonds is 4. The number of amides is 1. The molecule has 3 rings (SSSR count). The molecule has 1 aromatic heterocycles. The molecule has 0 radical (unpaired) electrons. The Morgan fingerprint density at radius 3 is 2.54 bits per heavy atom. The molecule has 2 N–H and O–H groups in total. The molecule has 0 fully saturated rings. The van der Waals surface area contributed by atoms with Crippen LogP contribution in [0, 0.1) is 16.3 Å². The van der Waals surface area contributed by atoms with E-state index in [4.69, 9.17) is 11.6 Å². The molecule has 0 spiro atoms. The highest BCUT2D eigenvalue weighted by atomic mass is 127. The van der Waals surface area contributed by atoms with Gasteiger partial charge in [0.25, 0.3) is 5.91 Å². The number of aromatic hydroxyl groups is 1. The van der Waals surface area contributed by atoms with Crippen LogP contribution in [0.25, 0.3) is 10.9 Å². The molecule has 1 amide bonds. The summed E-state index contributed by atoms with van der Waals surface area (Å²) in [4.78, 5) is 25.4. The predicted molar refractivity (Wildman–Crippen MR) is 115 cm³/mol. The van der Waals surface area contributed by atoms with Crippen molar-refractivity contribution in [3.8, 4) is 5.75 Å². The van der Waals surface area contributed by atoms with Gasteiger partial charge in [0.2, 0.25) is 5.91 Å². The number of benzene rings is 2. The number of halogens is 3. The highest BCUT2D eigenvalue weighted by Crippen LogP contribution is 2.37. The molecule has 3 aromatic rings. The van der Waals surface area contributed by atoms with Crippen molar-refractivity contribution in [1.82, 2.24) is 9.88 Å². The van der Waals surface area contributed by atoms with E-state index in [2.05, 4.69) is 5.32 Å². The SMILES string of the molecule is CCNC(=O)Cc1c(C)n(C(=O)c2ccc(Cl)cc2)c2cc(F)c(O)c(I)c12. The molecule has 1 heterocycles. The van der Waals surface area contributed by atoms with Crippen LogP contribution in [0.1, 0.15) is 28.5 Å². The second kappa shape index (κ2) is 8.08. The number of aromatic nitrogens is 1. The van der Waals surface area contributed by atoms with E-state index < -0.39 is 11.6 Å². The van der Waals surface area contributed by atoms with Crippen molar-refractivity contribution in [2.24, 2.45) is 0 Å². The summed E-state index contributed by atoms with van der Waals surface area (Å²) in [5, 5.41) is 13.8. The molecule has 28 heavy (non-hydrogen) atoms. The third kappa shape index (κ3) is 3.60. The summed E-state index contributed by atoms with van der Waals surface area (Å²) in [7, 11) is 0. The Labute approximate surface area is 179 Å². The molecule has 0 aliphatic carbocycles. The molecule has 0 aliphatic rings. The van der Waals surface area contributed by atoms with Crippen LogP contribution < -0.4 is 5.32 Å². The van der Waals surface area contributed by atoms with Gasteiger partial charge in [-0.05, 0) is 66.3 Å². The van der Waals surface area contributed by atoms with Gasteiger partial charge in [0.1, 0.15) is 0 Å². The fourth-order valence-corrected chi connectivity index (χ4v) is 4.16. The molecule has 2 aromatic carbocycles. The molecule has 0 saturated carbocycles. The average molecular weight is 515 g/mol. The third-order valence-corrected chi connectivity index (χ3v) is 5.80. The zero-order chi connectivity index (χ0) is 20.6. The summed E-state index contributed by atoms with van der Waals surface area (Å²) in [6.45, 7) is 3.98. The first-order chi connectivity index (χ1) is 13.3. The Morgan fingerprint density at radius 2 is 1.93 bits per heavy atom. The fraction of sp³-hybridized carbons (Fsp3) is 0.200. The van der Waals surface area contributed by atoms with E-state index in [1.165, 1.54) is 4.57 Å². The first kappa shape index (κ1) is 20.6. The van der Waals surface area contributed by atoms with E-state index in [0.29, 0.717) is 39.3 Å². The number of nitrogens with zero attached hydrogens (tertiary/aromatic N) is 1. The maximum absolute atomic E-state index is 14.3. The standard InChI is InChI=1S/C20H17ClFIN2O3/c1-3-24-16(26)8-13-10(2)25(20(28)11-4-6-12(21)7-5-11)15-9-14(22)19(27)18(23)17(13)15/h4-7,9,27H,3,8H2,1-2H3,(H,24,26). The first-order valence-corrected chi connectivity index (χ1v) is 9.99. The van der Waals surface area contributed by atoms with Crippen molar-refractivity contribution < 1.29 is 19.1 Å². The Bertz CT molecular complexity index is 1090. The maximum Gasteiger partial charge on any atom is 0.262 e. The normalized spacial score (nSPS) is 11.0. The number of carbonyl (C=O) groups excluding carboxylic acids is 2. The minimum absolute atomic E-state index is 0.0120. The van der Waals surface area contributed by atoms with Crippen LogP contribution in [0.5, 0.6) is 5.75 Å². The lowest BCUT2D eigenvalue weighted by molar-refractivity contribution is -0.120. The zero-order valence-electron chi connectivity index (χ0n) is 15.1. The highest BCUT2D eigenvalue weighted by Gasteiger charge is 2.25. The zero-order valence-corrected chi connectivity index (χ0v) is 18.1. The number of carbonyl (C=O) groups is 2. The summed E-state index contributed by atoms with van der Waals surface area (Å²) < 4.78 is 15.9. The van der Waals surface area contributed by atoms with E-state index in [1.807, 2.05) is 29.5 Å². The lowest BCUT2D eigenvalue weighted by Gasteiger charge is -2.08. The molecule has 5 nitrogen and oxygen atoms in total. The highest BCUT2D eigenvalue weighted by molar-refractivity contribution is 14.1. The maximum atomic E-state index is 14.3. The second-order valence-corrected chi connectivity index (χ2v) is 7.77. The molecule has 0 saturated heterocycles. The van der Waals surface area contributed by atoms with E-state index in [1.54, 1.807) is 31.2 Å². The lowest BCUT2D eigenvalue weighted by Crippen LogP contribution is -2.25. The molecule has 0 bridgehead atoms. The van der Waals surface area contributed by atoms with Gasteiger partial charge in [0.15, 0.2) is 11.6 Å². The Balaban J connectivity index is 2.27. The smallest absolute Gasteiger partial charge is 0.262 e. The van der Waals surface area contributed by atoms with Crippen LogP contribution in [0.4, 0.5) is 4.39 Å². The van der Waals surface area contributed by atoms with Crippen LogP contribution in [0.3, 0.4) is 0 Å². The van der Waals surface area contributed by atoms with Crippen LogP contribution in [-0.4, -0.2) is 28.0 Å². The molecule has 0 aliphatic heterocycles. The summed E-state index contributed by atoms with van der Waals surface area (Å²) in [6.07, 6.45) is 0.0120. The van der Waals surface area contributed by atoms with Crippen molar-refractivity contribution in [2.45, 2.75) is 20.3 Å². The van der Waals surface area contributed by atoms with Gasteiger partial charge in [-0.2, -0.15) is 0 Å². The van der Waals surface area contributed by atoms with Crippen LogP contribution in [0.2, 0.25) is 5.02 Å². The Kier molecular flexibility index (Phi) is 5.95. The van der Waals surface area contributed by atoms with E-state index in [0.717, 1.165) is 6.07 Å². The predicted octanol–water partition coefficient (Wildman–Crippen LogP) is 4.42. The van der Waals surface area contributed by atoms with Crippen molar-refractivity contribution >= 4 is 56.9 Å². The largest absolute Gasteiger partial charge is 0.504 e. The lowest BCUT2D eigenvalue weighted by atomic mass is 10.1. The van der Waals surface area contributed by atoms with E-state index in [9.17, 15) is 19.1 Å². The minimum Gasteiger partial charge on any atom is -0.504 e. The number of hydrogen-bond donors (Lipinski definition) is 2. The number of hydrogen-bond acceptors (Lipinski definition) is 3. The minimum atomic E-state index is -0.830. The average Bonchev–Trinajstić information content (AvgIpc) is 2.91. The van der Waals surface area contributed by atoms with Gasteiger partial charge in [-0.15, -0.1) is 0 Å². The van der Waals surface area contributed by atoms with Crippen molar-refractivity contribution in [1.29, 1.82) is 0 Å². The monoisotopic (exact) mass is 514 g/mol. The second-order valence-electron chi connectivity index (χ2n) is 6.26. The van der Waals surface area contributed by atoms with Crippen LogP contribution >= 0.6 is 34.2 Å². The molecular weight excluding hydrogens is 498 g/mol. The molecule has 8 heteroatoms. The third-order valence-electron chi connectivity index (χ3n) is 4.49. The van der Waals surface area contributed by atoms with Gasteiger partial charge < -0.3 is 10.4 Å². The Hall–Kier alpha value is -2.13. The molecule has 0 atom stereocenters. The number of nitrogens with one attached hydrogen (secondary N) is 1. The molecule has 146 valence electrons. The van der Waals surface area contributed by atoms with Gasteiger partial charge in [-0.3, -0.25) is 14.2 Å². The van der Waals surface area contributed by atoms with Gasteiger partial charge in [0, 0.05) is 34.3 Å². The van der Waals surface area contributed by atoms with Crippen molar-refractivity contribution in [2.75, 3.05) is 6.54 Å². The van der Waals surface area contributed by atoms with E-state index in [-0.39, 0.29) is 21.8 Å². The number of phenolic OH excluding ortho intramolecular Hbond substituents is 1. The van der Waals surface area contributed by atoms with Gasteiger partial charge in [0.05, 0.1) is 15.5 Å². The van der Waals surface area contributed by atoms with Crippen molar-refractivity contribution in [3.63, 3.8) is 0 Å². The van der Waals surface area contributed by atoms with Gasteiger partial charge >= 0.3 is 0 Å². The van der Waals surface area contributed by atoms with Crippen molar-refractivity contribution in [3.05, 3.63) is 61.6 Å². The molecular formula is C20H17ClFIN2O3. The quantitative estimate of drug-likeness (QED) is 0.507. The van der Waals surface area contributed by atoms with E-state index >= 15 is 0 Å². The summed E-state index contributed by atoms with van der Waals surface area (Å²) >= 11 is 7.73. The number of likely N-dealkylation sites (N-methyl/N-ethyl adjacent to an activating group) is 1. The van der Waals surface area contributed by atoms with Crippen LogP contribution in [0.15, 0.2) is 30.3 Å². The first-order valence-electron chi connectivity index (χ1n) is 8.54. The number of phenols is 1. The van der Waals surface area contributed by atoms with Crippen LogP contribution in [-0.2, 0) is 11.2 Å². The fourth-order valence-electron chi connectivity index (χ4n) is 3.18. The Morgan fingerprint density at radius 1 is 1.29 bits per heavy atom. The summed E-state index contributed by atoms with van der Waals surface area (Å²) in [5.74, 6) is -1.92. The summed E-state index contributed by atoms with van der Waals surface area (Å²) in [5.41, 5.74) is 1.76. The topological polar surface area (TPSA) is 71.3 Å². The summed E-state index contributed by atoms with van der Waals surface area (Å²) in [6, 6.07) is 7.49. The number of fused-ring (bicyclic) bond motifs is 1.